The van der Waals surface area contributed by atoms with Crippen LogP contribution in [0.4, 0.5) is 11.6 Å². The maximum Gasteiger partial charge on any atom is 0.937 e. The highest BCUT2D eigenvalue weighted by Gasteiger charge is 2.84. The average Bonchev–Trinajstić information content (AvgIpc) is 2.74. The molecule has 0 unspecified atom stereocenters. The van der Waals surface area contributed by atoms with E-state index in [9.17, 15) is 45.7 Å². The first-order valence-corrected chi connectivity index (χ1v) is 4.50. The molecule has 19 nitrogen and oxygen atoms in total. The molecule has 0 saturated heterocycles. The summed E-state index contributed by atoms with van der Waals surface area (Å²) in [5.74, 6) is -6.76. The highest BCUT2D eigenvalue weighted by atomic mass is 16.8. The van der Waals surface area contributed by atoms with Crippen molar-refractivity contribution in [1.29, 1.82) is 0 Å². The first kappa shape index (κ1) is 16.0. The van der Waals surface area contributed by atoms with E-state index in [2.05, 4.69) is 20.1 Å². The van der Waals surface area contributed by atoms with Crippen molar-refractivity contribution < 1.29 is 29.3 Å². The summed E-state index contributed by atoms with van der Waals surface area (Å²) < 4.78 is 3.91. The van der Waals surface area contributed by atoms with Gasteiger partial charge in [0.15, 0.2) is 5.03 Å². The Labute approximate surface area is 114 Å². The van der Waals surface area contributed by atoms with E-state index in [1.807, 2.05) is 0 Å². The summed E-state index contributed by atoms with van der Waals surface area (Å²) in [5.41, 5.74) is 1.28. The van der Waals surface area contributed by atoms with E-state index in [4.69, 9.17) is 0 Å². The van der Waals surface area contributed by atoms with Gasteiger partial charge >= 0.3 is 11.7 Å². The fraction of sp³-hybridized carbons (Fsp3) is 0.333. The van der Waals surface area contributed by atoms with E-state index >= 15 is 0 Å². The zero-order valence-electron chi connectivity index (χ0n) is 9.66. The summed E-state index contributed by atoms with van der Waals surface area (Å²) in [4.78, 5) is 34.0. The van der Waals surface area contributed by atoms with Crippen LogP contribution in [0.25, 0.3) is 0 Å². The lowest BCUT2D eigenvalue weighted by molar-refractivity contribution is -1.12. The number of hydrogen-bond donors (Lipinski definition) is 1. The van der Waals surface area contributed by atoms with Crippen LogP contribution in [0.15, 0.2) is 9.74 Å². The Morgan fingerprint density at radius 1 is 0.955 bits per heavy atom. The van der Waals surface area contributed by atoms with Crippen molar-refractivity contribution >= 4 is 11.6 Å². The lowest BCUT2D eigenvalue weighted by Gasteiger charge is -2.03. The van der Waals surface area contributed by atoms with Crippen molar-refractivity contribution in [3.63, 3.8) is 0 Å². The van der Waals surface area contributed by atoms with E-state index in [-0.39, 0.29) is 0 Å². The van der Waals surface area contributed by atoms with Crippen molar-refractivity contribution in [2.45, 2.75) is 5.91 Å². The molecular weight excluding hydrogens is 322 g/mol. The van der Waals surface area contributed by atoms with E-state index in [0.717, 1.165) is 0 Å². The van der Waals surface area contributed by atoms with Gasteiger partial charge in [-0.3, -0.25) is 0 Å². The summed E-state index contributed by atoms with van der Waals surface area (Å²) in [6, 6.07) is 0. The molecule has 118 valence electrons. The minimum Gasteiger partial charge on any atom is -0.582 e. The number of anilines is 1. The van der Waals surface area contributed by atoms with Gasteiger partial charge in [-0.2, -0.15) is 0 Å². The Morgan fingerprint density at radius 3 is 1.86 bits per heavy atom. The Bertz CT molecular complexity index is 639. The van der Waals surface area contributed by atoms with Crippen molar-refractivity contribution in [2.24, 2.45) is 5.11 Å². The molecule has 0 saturated carbocycles. The third-order valence-corrected chi connectivity index (χ3v) is 1.85. The molecule has 0 bridgehead atoms. The van der Waals surface area contributed by atoms with Crippen molar-refractivity contribution in [2.75, 3.05) is 5.43 Å². The van der Waals surface area contributed by atoms with Crippen LogP contribution >= 0.6 is 0 Å². The molecule has 0 aromatic carbocycles. The topological polar surface area (TPSA) is 262 Å². The molecule has 0 amide bonds. The van der Waals surface area contributed by atoms with Gasteiger partial charge in [-0.05, 0) is 10.3 Å². The lowest BCUT2D eigenvalue weighted by Crippen LogP contribution is -2.59. The number of nitrogens with zero attached hydrogens (tertiary/aromatic N) is 8. The van der Waals surface area contributed by atoms with Crippen molar-refractivity contribution in [3.8, 4) is 0 Å². The molecule has 0 aliphatic heterocycles. The van der Waals surface area contributed by atoms with Crippen LogP contribution in [-0.4, -0.2) is 40.9 Å². The van der Waals surface area contributed by atoms with Crippen LogP contribution in [0, 0.1) is 45.7 Å². The summed E-state index contributed by atoms with van der Waals surface area (Å²) in [5, 5.41) is 60.2. The van der Waals surface area contributed by atoms with Gasteiger partial charge in [-0.25, -0.2) is 45.1 Å². The second-order valence-electron chi connectivity index (χ2n) is 3.05. The molecule has 0 atom stereocenters. The molecule has 1 aromatic rings. The molecule has 1 rings (SSSR count). The number of azo groups is 1. The standard InChI is InChI=1S/C3HN9O10/c13-8(3(9(14)15,10(16)17)11(18)19)4-1-2(5-12(20)21)7-22-6-1/h(H,5,7). The monoisotopic (exact) mass is 323 g/mol. The first-order valence-electron chi connectivity index (χ1n) is 4.50. The minimum atomic E-state index is -4.62. The Kier molecular flexibility index (Phi) is 4.01. The number of nitro groups is 4. The summed E-state index contributed by atoms with van der Waals surface area (Å²) in [6.07, 6.45) is 0. The number of rotatable bonds is 7. The highest BCUT2D eigenvalue weighted by molar-refractivity contribution is 5.50. The third kappa shape index (κ3) is 2.47. The molecular formula is C3HN9O10. The predicted octanol–water partition coefficient (Wildman–Crippen LogP) is -1.29. The lowest BCUT2D eigenvalue weighted by atomic mass is 10.6. The number of hydrogen-bond acceptors (Lipinski definition) is 13. The molecule has 1 N–H and O–H groups in total. The van der Waals surface area contributed by atoms with Crippen LogP contribution < -0.4 is 5.43 Å². The van der Waals surface area contributed by atoms with Crippen LogP contribution in [0.1, 0.15) is 0 Å². The molecule has 22 heavy (non-hydrogen) atoms. The zero-order chi connectivity index (χ0) is 17.1. The van der Waals surface area contributed by atoms with Gasteiger partial charge in [0.05, 0.1) is 5.11 Å². The van der Waals surface area contributed by atoms with Crippen LogP contribution in [0.2, 0.25) is 0 Å². The second-order valence-corrected chi connectivity index (χ2v) is 3.05. The van der Waals surface area contributed by atoms with Crippen molar-refractivity contribution in [1.82, 2.24) is 10.3 Å². The largest absolute Gasteiger partial charge is 0.937 e. The van der Waals surface area contributed by atoms with Crippen LogP contribution in [-0.2, 0) is 0 Å². The van der Waals surface area contributed by atoms with Gasteiger partial charge in [-0.1, -0.05) is 5.43 Å². The van der Waals surface area contributed by atoms with Crippen LogP contribution in [0.5, 0.6) is 0 Å². The molecule has 0 spiro atoms. The number of hydrazine groups is 1. The summed E-state index contributed by atoms with van der Waals surface area (Å²) in [7, 11) is 0. The van der Waals surface area contributed by atoms with Gasteiger partial charge in [0.2, 0.25) is 0 Å². The molecule has 0 aliphatic carbocycles. The highest BCUT2D eigenvalue weighted by Crippen LogP contribution is 2.22. The Morgan fingerprint density at radius 2 is 1.45 bits per heavy atom. The maximum atomic E-state index is 11.4. The molecule has 19 heteroatoms. The Balaban J connectivity index is 3.43. The van der Waals surface area contributed by atoms with E-state index in [1.165, 1.54) is 5.43 Å². The second kappa shape index (κ2) is 5.51. The van der Waals surface area contributed by atoms with E-state index in [0.29, 0.717) is 0 Å². The normalized spacial score (nSPS) is 11.7. The molecule has 0 aliphatic rings. The minimum absolute atomic E-state index is 0.977. The zero-order valence-corrected chi connectivity index (χ0v) is 9.66. The molecule has 0 fully saturated rings. The van der Waals surface area contributed by atoms with Crippen LogP contribution in [0.3, 0.4) is 0 Å². The fourth-order valence-corrected chi connectivity index (χ4v) is 0.969. The summed E-state index contributed by atoms with van der Waals surface area (Å²) >= 11 is 0. The predicted molar refractivity (Wildman–Crippen MR) is 54.3 cm³/mol. The quantitative estimate of drug-likeness (QED) is 0.201. The Hall–Kier alpha value is -4.06. The molecule has 1 aromatic heterocycles. The van der Waals surface area contributed by atoms with Gasteiger partial charge < -0.3 is 5.21 Å². The maximum absolute atomic E-state index is 11.4. The van der Waals surface area contributed by atoms with Crippen molar-refractivity contribution in [3.05, 3.63) is 45.7 Å². The van der Waals surface area contributed by atoms with Gasteiger partial charge in [-0.15, -0.1) is 0 Å². The van der Waals surface area contributed by atoms with E-state index in [1.54, 1.807) is 0 Å². The molecule has 0 radical (unpaired) electrons. The first-order chi connectivity index (χ1) is 10.1. The third-order valence-electron chi connectivity index (χ3n) is 1.85. The van der Waals surface area contributed by atoms with E-state index < -0.39 is 42.2 Å². The molecule has 1 heterocycles. The summed E-state index contributed by atoms with van der Waals surface area (Å²) in [6.45, 7) is 0. The fourth-order valence-electron chi connectivity index (χ4n) is 0.969. The number of aromatic nitrogens is 2. The average molecular weight is 323 g/mol. The van der Waals surface area contributed by atoms with Gasteiger partial charge in [0.1, 0.15) is 4.86 Å². The smallest absolute Gasteiger partial charge is 0.582 e. The number of hydroxylamine groups is 1. The van der Waals surface area contributed by atoms with Gasteiger partial charge in [0.25, 0.3) is 20.6 Å². The number of nitrogens with one attached hydrogen (secondary N) is 1. The SMILES string of the molecule is O=[N+]([O-])Nc1nonc1N=[N+]([O-])C([N+](=O)[O-])([N+](=O)[O-])[N+](=O)[O-]. The van der Waals surface area contributed by atoms with Gasteiger partial charge in [0, 0.05) is 0 Å².